The molecule has 1 N–H and O–H groups in total. The third kappa shape index (κ3) is 3.51. The Balaban J connectivity index is 2.06. The minimum absolute atomic E-state index is 0.0980. The number of aromatic nitrogens is 1. The van der Waals surface area contributed by atoms with Crippen LogP contribution in [0.5, 0.6) is 0 Å². The molecule has 0 aliphatic carbocycles. The normalized spacial score (nSPS) is 12.1. The van der Waals surface area contributed by atoms with Crippen molar-refractivity contribution in [1.29, 1.82) is 0 Å². The number of hydrogen-bond acceptors (Lipinski definition) is 5. The molecule has 0 bridgehead atoms. The molecule has 6 heteroatoms. The van der Waals surface area contributed by atoms with Crippen molar-refractivity contribution in [1.82, 2.24) is 4.98 Å². The lowest BCUT2D eigenvalue weighted by atomic mass is 10.2. The molecule has 2 aromatic heterocycles. The van der Waals surface area contributed by atoms with E-state index in [0.717, 1.165) is 6.42 Å². The first-order chi connectivity index (χ1) is 9.06. The number of nitrogens with one attached hydrogen (secondary N) is 1. The second-order valence-corrected chi connectivity index (χ2v) is 5.47. The van der Waals surface area contributed by atoms with E-state index in [1.807, 2.05) is 18.4 Å². The van der Waals surface area contributed by atoms with Crippen molar-refractivity contribution in [3.8, 4) is 0 Å². The molecule has 0 saturated carbocycles. The van der Waals surface area contributed by atoms with Crippen LogP contribution in [-0.2, 0) is 6.42 Å². The SMILES string of the molecule is Cc1cnc(NC(C)Cc2cccs2)cc1[N+](=O)[O-]. The van der Waals surface area contributed by atoms with Crippen LogP contribution in [0.3, 0.4) is 0 Å². The van der Waals surface area contributed by atoms with Crippen LogP contribution in [0, 0.1) is 17.0 Å². The Morgan fingerprint density at radius 3 is 3.00 bits per heavy atom. The molecule has 0 radical (unpaired) electrons. The van der Waals surface area contributed by atoms with Gasteiger partial charge in [-0.15, -0.1) is 11.3 Å². The van der Waals surface area contributed by atoms with Crippen LogP contribution >= 0.6 is 11.3 Å². The van der Waals surface area contributed by atoms with Gasteiger partial charge in [-0.25, -0.2) is 4.98 Å². The van der Waals surface area contributed by atoms with Crippen molar-refractivity contribution in [2.45, 2.75) is 26.3 Å². The molecule has 0 fully saturated rings. The maximum Gasteiger partial charge on any atom is 0.277 e. The van der Waals surface area contributed by atoms with Crippen molar-refractivity contribution in [3.05, 3.63) is 50.3 Å². The highest BCUT2D eigenvalue weighted by Gasteiger charge is 2.13. The molecule has 0 aliphatic heterocycles. The van der Waals surface area contributed by atoms with Gasteiger partial charge in [-0.2, -0.15) is 0 Å². The molecule has 5 nitrogen and oxygen atoms in total. The quantitative estimate of drug-likeness (QED) is 0.671. The van der Waals surface area contributed by atoms with Gasteiger partial charge in [0.15, 0.2) is 0 Å². The molecule has 0 amide bonds. The third-order valence-electron chi connectivity index (χ3n) is 2.75. The number of rotatable bonds is 5. The molecule has 0 saturated heterocycles. The van der Waals surface area contributed by atoms with E-state index in [0.29, 0.717) is 11.4 Å². The predicted octanol–water partition coefficient (Wildman–Crippen LogP) is 3.40. The molecule has 100 valence electrons. The first-order valence-electron chi connectivity index (χ1n) is 5.96. The lowest BCUT2D eigenvalue weighted by Gasteiger charge is -2.13. The highest BCUT2D eigenvalue weighted by Crippen LogP contribution is 2.21. The summed E-state index contributed by atoms with van der Waals surface area (Å²) in [5.41, 5.74) is 0.669. The van der Waals surface area contributed by atoms with Crippen molar-refractivity contribution in [2.75, 3.05) is 5.32 Å². The Bertz CT molecular complexity index is 569. The van der Waals surface area contributed by atoms with Crippen LogP contribution in [0.25, 0.3) is 0 Å². The molecule has 1 unspecified atom stereocenters. The van der Waals surface area contributed by atoms with Crippen molar-refractivity contribution < 1.29 is 4.92 Å². The van der Waals surface area contributed by atoms with E-state index in [9.17, 15) is 10.1 Å². The van der Waals surface area contributed by atoms with Crippen LogP contribution in [0.4, 0.5) is 11.5 Å². The second-order valence-electron chi connectivity index (χ2n) is 4.44. The Labute approximate surface area is 115 Å². The zero-order valence-electron chi connectivity index (χ0n) is 10.8. The molecule has 0 aromatic carbocycles. The van der Waals surface area contributed by atoms with Crippen LogP contribution < -0.4 is 5.32 Å². The van der Waals surface area contributed by atoms with E-state index in [1.165, 1.54) is 17.1 Å². The monoisotopic (exact) mass is 277 g/mol. The largest absolute Gasteiger partial charge is 0.367 e. The molecule has 0 spiro atoms. The summed E-state index contributed by atoms with van der Waals surface area (Å²) in [5, 5.41) is 16.1. The van der Waals surface area contributed by atoms with Gasteiger partial charge in [-0.1, -0.05) is 6.07 Å². The highest BCUT2D eigenvalue weighted by molar-refractivity contribution is 7.09. The maximum absolute atomic E-state index is 10.9. The minimum Gasteiger partial charge on any atom is -0.367 e. The topological polar surface area (TPSA) is 68.1 Å². The number of anilines is 1. The van der Waals surface area contributed by atoms with Crippen LogP contribution in [-0.4, -0.2) is 15.9 Å². The van der Waals surface area contributed by atoms with Gasteiger partial charge in [0.2, 0.25) is 0 Å². The van der Waals surface area contributed by atoms with Gasteiger partial charge in [0.1, 0.15) is 5.82 Å². The number of nitrogens with zero attached hydrogens (tertiary/aromatic N) is 2. The Kier molecular flexibility index (Phi) is 4.11. The van der Waals surface area contributed by atoms with E-state index < -0.39 is 0 Å². The Morgan fingerprint density at radius 1 is 1.58 bits per heavy atom. The fourth-order valence-electron chi connectivity index (χ4n) is 1.82. The summed E-state index contributed by atoms with van der Waals surface area (Å²) in [6.45, 7) is 3.72. The minimum atomic E-state index is -0.383. The molecule has 2 rings (SSSR count). The lowest BCUT2D eigenvalue weighted by molar-refractivity contribution is -0.385. The van der Waals surface area contributed by atoms with E-state index in [2.05, 4.69) is 16.4 Å². The fraction of sp³-hybridized carbons (Fsp3) is 0.308. The van der Waals surface area contributed by atoms with Crippen molar-refractivity contribution in [2.24, 2.45) is 0 Å². The van der Waals surface area contributed by atoms with Crippen molar-refractivity contribution >= 4 is 22.8 Å². The number of hydrogen-bond donors (Lipinski definition) is 1. The highest BCUT2D eigenvalue weighted by atomic mass is 32.1. The summed E-state index contributed by atoms with van der Waals surface area (Å²) in [6.07, 6.45) is 2.40. The maximum atomic E-state index is 10.9. The summed E-state index contributed by atoms with van der Waals surface area (Å²) in [4.78, 5) is 15.9. The van der Waals surface area contributed by atoms with Gasteiger partial charge in [-0.3, -0.25) is 10.1 Å². The number of aryl methyl sites for hydroxylation is 1. The molecule has 0 aliphatic rings. The van der Waals surface area contributed by atoms with E-state index >= 15 is 0 Å². The van der Waals surface area contributed by atoms with E-state index in [1.54, 1.807) is 18.3 Å². The van der Waals surface area contributed by atoms with Crippen LogP contribution in [0.1, 0.15) is 17.4 Å². The molecule has 2 heterocycles. The first kappa shape index (κ1) is 13.5. The summed E-state index contributed by atoms with van der Waals surface area (Å²) in [5.74, 6) is 0.543. The fourth-order valence-corrected chi connectivity index (χ4v) is 2.66. The molecule has 2 aromatic rings. The second kappa shape index (κ2) is 5.79. The lowest BCUT2D eigenvalue weighted by Crippen LogP contribution is -2.18. The Morgan fingerprint density at radius 2 is 2.37 bits per heavy atom. The van der Waals surface area contributed by atoms with Gasteiger partial charge in [0, 0.05) is 29.1 Å². The van der Waals surface area contributed by atoms with Crippen molar-refractivity contribution in [3.63, 3.8) is 0 Å². The Hall–Kier alpha value is -1.95. The predicted molar refractivity (Wildman–Crippen MR) is 76.7 cm³/mol. The smallest absolute Gasteiger partial charge is 0.277 e. The average molecular weight is 277 g/mol. The number of pyridine rings is 1. The molecular formula is C13H15N3O2S. The van der Waals surface area contributed by atoms with Crippen LogP contribution in [0.15, 0.2) is 29.8 Å². The number of nitro groups is 1. The zero-order chi connectivity index (χ0) is 13.8. The van der Waals surface area contributed by atoms with E-state index in [-0.39, 0.29) is 16.7 Å². The molecular weight excluding hydrogens is 262 g/mol. The summed E-state index contributed by atoms with van der Waals surface area (Å²) in [6, 6.07) is 5.75. The summed E-state index contributed by atoms with van der Waals surface area (Å²) in [7, 11) is 0. The molecule has 19 heavy (non-hydrogen) atoms. The van der Waals surface area contributed by atoms with Gasteiger partial charge in [0.25, 0.3) is 5.69 Å². The first-order valence-corrected chi connectivity index (χ1v) is 6.84. The molecule has 1 atom stereocenters. The van der Waals surface area contributed by atoms with E-state index in [4.69, 9.17) is 0 Å². The average Bonchev–Trinajstić information content (AvgIpc) is 2.84. The van der Waals surface area contributed by atoms with Gasteiger partial charge in [0.05, 0.1) is 11.0 Å². The third-order valence-corrected chi connectivity index (χ3v) is 3.65. The van der Waals surface area contributed by atoms with Crippen LogP contribution in [0.2, 0.25) is 0 Å². The van der Waals surface area contributed by atoms with Gasteiger partial charge >= 0.3 is 0 Å². The van der Waals surface area contributed by atoms with Gasteiger partial charge < -0.3 is 5.32 Å². The van der Waals surface area contributed by atoms with Gasteiger partial charge in [-0.05, 0) is 25.3 Å². The summed E-state index contributed by atoms with van der Waals surface area (Å²) >= 11 is 1.70. The standard InChI is InChI=1S/C13H15N3O2S/c1-9-8-14-13(7-12(9)16(17)18)15-10(2)6-11-4-3-5-19-11/h3-5,7-8,10H,6H2,1-2H3,(H,14,15). The zero-order valence-corrected chi connectivity index (χ0v) is 11.6. The summed E-state index contributed by atoms with van der Waals surface area (Å²) < 4.78 is 0. The number of thiophene rings is 1.